The van der Waals surface area contributed by atoms with Gasteiger partial charge in [0.15, 0.2) is 17.5 Å². The first kappa shape index (κ1) is 26.2. The average molecular weight is 587 g/mol. The van der Waals surface area contributed by atoms with Crippen molar-refractivity contribution in [3.63, 3.8) is 0 Å². The zero-order valence-corrected chi connectivity index (χ0v) is 24.8. The number of aromatic nitrogens is 4. The molecule has 0 atom stereocenters. The molecule has 6 aromatic carbocycles. The van der Waals surface area contributed by atoms with Gasteiger partial charge in [0, 0.05) is 34.6 Å². The van der Waals surface area contributed by atoms with Crippen molar-refractivity contribution < 1.29 is 0 Å². The van der Waals surface area contributed by atoms with E-state index in [-0.39, 0.29) is 0 Å². The number of benzene rings is 6. The maximum absolute atomic E-state index is 5.13. The van der Waals surface area contributed by atoms with Crippen molar-refractivity contribution in [3.8, 4) is 78.7 Å². The highest BCUT2D eigenvalue weighted by atomic mass is 15.0. The van der Waals surface area contributed by atoms with Crippen LogP contribution in [0.3, 0.4) is 0 Å². The van der Waals surface area contributed by atoms with Gasteiger partial charge in [-0.15, -0.1) is 0 Å². The molecule has 214 valence electrons. The maximum atomic E-state index is 5.13. The fourth-order valence-corrected chi connectivity index (χ4v) is 6.63. The van der Waals surface area contributed by atoms with E-state index in [0.717, 1.165) is 38.8 Å². The lowest BCUT2D eigenvalue weighted by Gasteiger charge is -2.15. The molecule has 0 radical (unpaired) electrons. The van der Waals surface area contributed by atoms with Crippen LogP contribution < -0.4 is 0 Å². The molecular formula is C42H26N4. The molecule has 2 heterocycles. The molecule has 2 aromatic heterocycles. The highest BCUT2D eigenvalue weighted by Crippen LogP contribution is 2.48. The van der Waals surface area contributed by atoms with Gasteiger partial charge in [-0.3, -0.25) is 4.98 Å². The number of pyridine rings is 1. The zero-order valence-electron chi connectivity index (χ0n) is 24.8. The van der Waals surface area contributed by atoms with E-state index in [4.69, 9.17) is 15.0 Å². The van der Waals surface area contributed by atoms with Gasteiger partial charge in [0.2, 0.25) is 0 Å². The van der Waals surface area contributed by atoms with Crippen molar-refractivity contribution >= 4 is 10.8 Å². The van der Waals surface area contributed by atoms with Crippen LogP contribution in [0.15, 0.2) is 158 Å². The highest BCUT2D eigenvalue weighted by Gasteiger charge is 2.23. The lowest BCUT2D eigenvalue weighted by molar-refractivity contribution is 1.08. The number of nitrogens with zero attached hydrogens (tertiary/aromatic N) is 4. The Labute approximate surface area is 266 Å². The summed E-state index contributed by atoms with van der Waals surface area (Å²) in [6.07, 6.45) is 3.86. The molecule has 0 bridgehead atoms. The number of hydrogen-bond acceptors (Lipinski definition) is 4. The predicted molar refractivity (Wildman–Crippen MR) is 187 cm³/mol. The predicted octanol–water partition coefficient (Wildman–Crippen LogP) is 10.4. The van der Waals surface area contributed by atoms with Gasteiger partial charge in [-0.1, -0.05) is 133 Å². The van der Waals surface area contributed by atoms with Crippen LogP contribution in [0.25, 0.3) is 89.4 Å². The zero-order chi connectivity index (χ0) is 30.5. The molecule has 0 aliphatic heterocycles. The van der Waals surface area contributed by atoms with Gasteiger partial charge in [-0.25, -0.2) is 15.0 Å². The largest absolute Gasteiger partial charge is 0.264 e. The van der Waals surface area contributed by atoms with Gasteiger partial charge in [0.25, 0.3) is 0 Å². The summed E-state index contributed by atoms with van der Waals surface area (Å²) in [6.45, 7) is 0. The fourth-order valence-electron chi connectivity index (χ4n) is 6.63. The molecule has 8 aromatic rings. The molecule has 0 amide bonds. The molecule has 4 nitrogen and oxygen atoms in total. The molecule has 0 saturated heterocycles. The molecule has 1 aliphatic rings. The van der Waals surface area contributed by atoms with Crippen LogP contribution in [0.4, 0.5) is 0 Å². The first-order valence-electron chi connectivity index (χ1n) is 15.4. The van der Waals surface area contributed by atoms with Crippen LogP contribution in [0.1, 0.15) is 0 Å². The molecule has 9 rings (SSSR count). The lowest BCUT2D eigenvalue weighted by atomic mass is 9.91. The van der Waals surface area contributed by atoms with Crippen molar-refractivity contribution in [3.05, 3.63) is 158 Å². The molecule has 46 heavy (non-hydrogen) atoms. The minimum atomic E-state index is 0.640. The number of hydrogen-bond donors (Lipinski definition) is 0. The van der Waals surface area contributed by atoms with Gasteiger partial charge in [0.05, 0.1) is 0 Å². The minimum absolute atomic E-state index is 0.640. The monoisotopic (exact) mass is 586 g/mol. The number of fused-ring (bicyclic) bond motifs is 5. The van der Waals surface area contributed by atoms with Crippen LogP contribution in [-0.2, 0) is 0 Å². The van der Waals surface area contributed by atoms with E-state index in [1.54, 1.807) is 0 Å². The molecule has 0 spiro atoms. The van der Waals surface area contributed by atoms with Crippen molar-refractivity contribution in [2.75, 3.05) is 0 Å². The molecule has 0 saturated carbocycles. The molecule has 4 heteroatoms. The van der Waals surface area contributed by atoms with E-state index in [2.05, 4.69) is 114 Å². The maximum Gasteiger partial charge on any atom is 0.164 e. The second-order valence-electron chi connectivity index (χ2n) is 11.5. The summed E-state index contributed by atoms with van der Waals surface area (Å²) >= 11 is 0. The third-order valence-corrected chi connectivity index (χ3v) is 8.82. The second kappa shape index (κ2) is 10.7. The van der Waals surface area contributed by atoms with Gasteiger partial charge < -0.3 is 0 Å². The smallest absolute Gasteiger partial charge is 0.164 e. The van der Waals surface area contributed by atoms with Crippen molar-refractivity contribution in [2.24, 2.45) is 0 Å². The molecule has 0 N–H and O–H groups in total. The quantitative estimate of drug-likeness (QED) is 0.206. The van der Waals surface area contributed by atoms with Crippen LogP contribution >= 0.6 is 0 Å². The Morgan fingerprint density at radius 2 is 0.804 bits per heavy atom. The first-order valence-corrected chi connectivity index (χ1v) is 15.4. The summed E-state index contributed by atoms with van der Waals surface area (Å²) in [5.41, 5.74) is 12.2. The fraction of sp³-hybridized carbons (Fsp3) is 0. The SMILES string of the molecule is c1ccc(-c2ccc(-c3nc(-c4ccccc4)nc(-c4ccc5c6c(cccc46)-c4ccccc4-c4ccncc4-5)n3)cc2)cc1. The third kappa shape index (κ3) is 4.31. The van der Waals surface area contributed by atoms with Crippen LogP contribution in [0, 0.1) is 0 Å². The third-order valence-electron chi connectivity index (χ3n) is 8.82. The van der Waals surface area contributed by atoms with Crippen molar-refractivity contribution in [1.29, 1.82) is 0 Å². The molecule has 0 unspecified atom stereocenters. The Hall–Kier alpha value is -6.26. The summed E-state index contributed by atoms with van der Waals surface area (Å²) in [4.78, 5) is 19.8. The summed E-state index contributed by atoms with van der Waals surface area (Å²) in [5, 5.41) is 2.27. The average Bonchev–Trinajstić information content (AvgIpc) is 3.26. The summed E-state index contributed by atoms with van der Waals surface area (Å²) in [5.74, 6) is 1.93. The Balaban J connectivity index is 1.27. The number of rotatable bonds is 4. The summed E-state index contributed by atoms with van der Waals surface area (Å²) < 4.78 is 0. The van der Waals surface area contributed by atoms with E-state index >= 15 is 0 Å². The Morgan fingerprint density at radius 1 is 0.304 bits per heavy atom. The lowest BCUT2D eigenvalue weighted by Crippen LogP contribution is -2.01. The van der Waals surface area contributed by atoms with E-state index in [0.29, 0.717) is 17.5 Å². The van der Waals surface area contributed by atoms with Crippen LogP contribution in [-0.4, -0.2) is 19.9 Å². The normalized spacial score (nSPS) is 11.5. The molecule has 0 fully saturated rings. The van der Waals surface area contributed by atoms with E-state index in [1.165, 1.54) is 33.2 Å². The topological polar surface area (TPSA) is 51.6 Å². The first-order chi connectivity index (χ1) is 22.8. The summed E-state index contributed by atoms with van der Waals surface area (Å²) in [6, 6.07) is 50.6. The highest BCUT2D eigenvalue weighted by molar-refractivity contribution is 6.16. The van der Waals surface area contributed by atoms with E-state index < -0.39 is 0 Å². The molecule has 1 aliphatic carbocycles. The molecular weight excluding hydrogens is 560 g/mol. The van der Waals surface area contributed by atoms with E-state index in [1.807, 2.05) is 48.8 Å². The van der Waals surface area contributed by atoms with Crippen molar-refractivity contribution in [2.45, 2.75) is 0 Å². The minimum Gasteiger partial charge on any atom is -0.264 e. The van der Waals surface area contributed by atoms with Crippen LogP contribution in [0.2, 0.25) is 0 Å². The second-order valence-corrected chi connectivity index (χ2v) is 11.5. The van der Waals surface area contributed by atoms with Crippen molar-refractivity contribution in [1.82, 2.24) is 19.9 Å². The standard InChI is InChI=1S/C42H26N4/c1-3-10-27(11-4-1)28-18-20-30(21-19-28)41-44-40(29-12-5-2-6-13-29)45-42(46-41)37-23-22-36-38-26-43-25-24-33(38)31-14-7-8-15-32(31)34-16-9-17-35(37)39(34)36/h1-26H. The van der Waals surface area contributed by atoms with Gasteiger partial charge in [0.1, 0.15) is 0 Å². The Bertz CT molecular complexity index is 2350. The van der Waals surface area contributed by atoms with E-state index in [9.17, 15) is 0 Å². The van der Waals surface area contributed by atoms with Gasteiger partial charge in [-0.2, -0.15) is 0 Å². The Kier molecular flexibility index (Phi) is 6.10. The van der Waals surface area contributed by atoms with Crippen LogP contribution in [0.5, 0.6) is 0 Å². The Morgan fingerprint density at radius 3 is 1.54 bits per heavy atom. The van der Waals surface area contributed by atoms with Gasteiger partial charge in [-0.05, 0) is 61.8 Å². The summed E-state index contributed by atoms with van der Waals surface area (Å²) in [7, 11) is 0. The van der Waals surface area contributed by atoms with Gasteiger partial charge >= 0.3 is 0 Å².